The van der Waals surface area contributed by atoms with Crippen molar-refractivity contribution in [3.05, 3.63) is 0 Å². The van der Waals surface area contributed by atoms with E-state index >= 15 is 0 Å². The Morgan fingerprint density at radius 2 is 0.765 bits per heavy atom. The van der Waals surface area contributed by atoms with Crippen molar-refractivity contribution in [2.24, 2.45) is 116 Å². The predicted octanol–water partition coefficient (Wildman–Crippen LogP) is 18.2. The van der Waals surface area contributed by atoms with Crippen LogP contribution in [0.3, 0.4) is 0 Å². The summed E-state index contributed by atoms with van der Waals surface area (Å²) in [5, 5.41) is 0. The minimum absolute atomic E-state index is 0.00236. The molecule has 15 atom stereocenters. The zero-order valence-corrected chi connectivity index (χ0v) is 56.8. The van der Waals surface area contributed by atoms with Gasteiger partial charge in [0.15, 0.2) is 0 Å². The average molecular weight is 1190 g/mol. The fourth-order valence-corrected chi connectivity index (χ4v) is 19.7. The van der Waals surface area contributed by atoms with Crippen LogP contribution in [0.2, 0.25) is 0 Å². The number of carbonyl (C=O) groups excluding carboxylic acids is 5. The van der Waals surface area contributed by atoms with E-state index in [9.17, 15) is 24.0 Å². The molecule has 14 saturated carbocycles. The molecule has 0 amide bonds. The van der Waals surface area contributed by atoms with Crippen molar-refractivity contribution < 1.29 is 47.7 Å². The SMILES string of the molecule is CCC(C)(C)C(=O)OC12CC3CC(CC(C3)C1)C2.CCC(C)(C)C(=O)OC1CC2CC1C1C3CCC(C3)C21.CCC(C)(C)C(=O)OC1CC2CC1C1CCCC21.CCC(C)(C)C(=O)OC1CC2CCC1C2.CCC(C)(C)C(=O)OC1CCCCC1. The lowest BCUT2D eigenvalue weighted by molar-refractivity contribution is -0.196. The number of rotatable bonds is 15. The first-order chi connectivity index (χ1) is 40.0. The third-order valence-corrected chi connectivity index (χ3v) is 26.8. The standard InChI is InChI=1S/C18H28O2.2C16H26O2.C13H22O2.C12H22O2/c1-4-18(2,3)17(19)20-14-9-12-8-13(14)16-11-6-5-10(7-11)15(12)16;1-4-15(2,3)14(17)18-16-8-11-5-12(9-16)7-13(6-11)10-16;1-4-16(2,3)15(17)18-14-9-10-8-13(14)12-7-5-6-11(10)12;1-4-13(2,3)12(14)15-11-8-9-5-6-10(11)7-9;1-4-12(2,3)11(13)14-10-8-6-5-7-9-10/h10-16H,4-9H2,1-3H3;11-13H,4-10H2,1-3H3;10-14H,4-9H2,1-3H3;9-11H,4-8H2,1-3H3;10H,4-9H2,1-3H3. The Balaban J connectivity index is 0.000000128. The average Bonchev–Trinajstić information content (AvgIpc) is 1.75. The topological polar surface area (TPSA) is 132 Å². The maximum absolute atomic E-state index is 12.4. The second kappa shape index (κ2) is 26.7. The van der Waals surface area contributed by atoms with Gasteiger partial charge in [0.2, 0.25) is 0 Å². The maximum Gasteiger partial charge on any atom is 0.312 e. The van der Waals surface area contributed by atoms with E-state index < -0.39 is 0 Å². The zero-order valence-electron chi connectivity index (χ0n) is 56.8. The van der Waals surface area contributed by atoms with Crippen LogP contribution in [0.4, 0.5) is 0 Å². The van der Waals surface area contributed by atoms with Crippen LogP contribution < -0.4 is 0 Å². The first kappa shape index (κ1) is 66.8. The number of carbonyl (C=O) groups is 5. The Morgan fingerprint density at radius 1 is 0.329 bits per heavy atom. The lowest BCUT2D eigenvalue weighted by Crippen LogP contribution is -2.53. The number of hydrogen-bond donors (Lipinski definition) is 0. The molecule has 15 unspecified atom stereocenters. The van der Waals surface area contributed by atoms with E-state index in [2.05, 4.69) is 20.8 Å². The van der Waals surface area contributed by atoms with Crippen LogP contribution in [0.15, 0.2) is 0 Å². The molecule has 0 radical (unpaired) electrons. The van der Waals surface area contributed by atoms with Gasteiger partial charge in [-0.3, -0.25) is 24.0 Å². The Kier molecular flexibility index (Phi) is 20.9. The highest BCUT2D eigenvalue weighted by atomic mass is 16.6. The van der Waals surface area contributed by atoms with Gasteiger partial charge in [0.25, 0.3) is 0 Å². The van der Waals surface area contributed by atoms with E-state index in [0.29, 0.717) is 17.8 Å². The first-order valence-electron chi connectivity index (χ1n) is 36.1. The van der Waals surface area contributed by atoms with Crippen molar-refractivity contribution in [2.45, 2.75) is 326 Å². The van der Waals surface area contributed by atoms with Crippen LogP contribution in [0.5, 0.6) is 0 Å². The molecule has 484 valence electrons. The molecule has 14 aliphatic carbocycles. The molecule has 0 aromatic heterocycles. The number of esters is 5. The van der Waals surface area contributed by atoms with Crippen LogP contribution in [0.1, 0.15) is 296 Å². The molecular weight excluding hydrogens is 1060 g/mol. The molecule has 0 aromatic rings. The number of ether oxygens (including phenoxy) is 5. The molecule has 0 spiro atoms. The highest BCUT2D eigenvalue weighted by molar-refractivity contribution is 5.78. The van der Waals surface area contributed by atoms with E-state index in [0.717, 1.165) is 148 Å². The summed E-state index contributed by atoms with van der Waals surface area (Å²) in [5.41, 5.74) is -1.62. The summed E-state index contributed by atoms with van der Waals surface area (Å²) in [5.74, 6) is 13.0. The second-order valence-corrected chi connectivity index (χ2v) is 34.4. The molecule has 0 saturated heterocycles. The van der Waals surface area contributed by atoms with Crippen molar-refractivity contribution in [2.75, 3.05) is 0 Å². The molecular formula is C75H124O10. The minimum Gasteiger partial charge on any atom is -0.462 e. The molecule has 0 heterocycles. The van der Waals surface area contributed by atoms with Crippen LogP contribution in [-0.2, 0) is 47.7 Å². The first-order valence-corrected chi connectivity index (χ1v) is 36.1. The van der Waals surface area contributed by atoms with Gasteiger partial charge in [0, 0.05) is 0 Å². The van der Waals surface area contributed by atoms with Gasteiger partial charge < -0.3 is 23.7 Å². The normalized spacial score (nSPS) is 38.5. The van der Waals surface area contributed by atoms with Crippen LogP contribution >= 0.6 is 0 Å². The highest BCUT2D eigenvalue weighted by Crippen LogP contribution is 2.68. The fraction of sp³-hybridized carbons (Fsp3) is 0.933. The molecule has 14 aliphatic rings. The summed E-state index contributed by atoms with van der Waals surface area (Å²) < 4.78 is 29.1. The maximum atomic E-state index is 12.4. The van der Waals surface area contributed by atoms with Gasteiger partial charge in [0.1, 0.15) is 30.0 Å². The molecule has 0 N–H and O–H groups in total. The summed E-state index contributed by atoms with van der Waals surface area (Å²) >= 11 is 0. The van der Waals surface area contributed by atoms with Gasteiger partial charge in [-0.05, 0) is 338 Å². The van der Waals surface area contributed by atoms with Gasteiger partial charge in [0.05, 0.1) is 27.1 Å². The Morgan fingerprint density at radius 3 is 1.26 bits per heavy atom. The highest BCUT2D eigenvalue weighted by Gasteiger charge is 2.64. The summed E-state index contributed by atoms with van der Waals surface area (Å²) in [6.45, 7) is 30.2. The monoisotopic (exact) mass is 1180 g/mol. The lowest BCUT2D eigenvalue weighted by atomic mass is 9.54. The van der Waals surface area contributed by atoms with Crippen LogP contribution in [0.25, 0.3) is 0 Å². The third kappa shape index (κ3) is 14.8. The van der Waals surface area contributed by atoms with Gasteiger partial charge >= 0.3 is 29.8 Å². The molecule has 12 bridgehead atoms. The molecule has 85 heavy (non-hydrogen) atoms. The molecule has 14 fully saturated rings. The Bertz CT molecular complexity index is 2270. The van der Waals surface area contributed by atoms with E-state index in [-0.39, 0.29) is 86.9 Å². The predicted molar refractivity (Wildman–Crippen MR) is 336 cm³/mol. The molecule has 10 nitrogen and oxygen atoms in total. The number of fused-ring (bicyclic) bond motifs is 16. The van der Waals surface area contributed by atoms with E-state index in [1.807, 2.05) is 83.1 Å². The molecule has 14 rings (SSSR count). The third-order valence-electron chi connectivity index (χ3n) is 26.8. The van der Waals surface area contributed by atoms with Gasteiger partial charge in [-0.2, -0.15) is 0 Å². The summed E-state index contributed by atoms with van der Waals surface area (Å²) in [7, 11) is 0. The van der Waals surface area contributed by atoms with Crippen molar-refractivity contribution in [3.63, 3.8) is 0 Å². The largest absolute Gasteiger partial charge is 0.462 e. The van der Waals surface area contributed by atoms with Crippen molar-refractivity contribution in [1.29, 1.82) is 0 Å². The van der Waals surface area contributed by atoms with E-state index in [1.54, 1.807) is 0 Å². The second-order valence-electron chi connectivity index (χ2n) is 34.4. The lowest BCUT2D eigenvalue weighted by Gasteiger charge is -2.56. The Labute approximate surface area is 517 Å². The van der Waals surface area contributed by atoms with Gasteiger partial charge in [-0.15, -0.1) is 0 Å². The van der Waals surface area contributed by atoms with Crippen LogP contribution in [-0.4, -0.2) is 59.9 Å². The minimum atomic E-state index is -0.316. The van der Waals surface area contributed by atoms with Gasteiger partial charge in [-0.1, -0.05) is 47.5 Å². The van der Waals surface area contributed by atoms with Gasteiger partial charge in [-0.25, -0.2) is 0 Å². The van der Waals surface area contributed by atoms with E-state index in [1.165, 1.54) is 116 Å². The fourth-order valence-electron chi connectivity index (χ4n) is 19.7. The molecule has 0 aliphatic heterocycles. The Hall–Kier alpha value is -2.65. The smallest absolute Gasteiger partial charge is 0.312 e. The van der Waals surface area contributed by atoms with Crippen LogP contribution in [0, 0.1) is 116 Å². The molecule has 0 aromatic carbocycles. The number of hydrogen-bond acceptors (Lipinski definition) is 10. The summed E-state index contributed by atoms with van der Waals surface area (Å²) in [4.78, 5) is 60.6. The molecule has 10 heteroatoms. The summed E-state index contributed by atoms with van der Waals surface area (Å²) in [6.07, 6.45) is 37.4. The van der Waals surface area contributed by atoms with Crippen molar-refractivity contribution >= 4 is 29.8 Å². The van der Waals surface area contributed by atoms with Crippen molar-refractivity contribution in [3.8, 4) is 0 Å². The van der Waals surface area contributed by atoms with Crippen molar-refractivity contribution in [1.82, 2.24) is 0 Å². The summed E-state index contributed by atoms with van der Waals surface area (Å²) in [6, 6.07) is 0. The quantitative estimate of drug-likeness (QED) is 0.0887. The zero-order chi connectivity index (χ0) is 61.6. The van der Waals surface area contributed by atoms with E-state index in [4.69, 9.17) is 23.7 Å².